The lowest BCUT2D eigenvalue weighted by atomic mass is 10.2. The van der Waals surface area contributed by atoms with Gasteiger partial charge in [-0.15, -0.1) is 5.10 Å². The van der Waals surface area contributed by atoms with Crippen molar-refractivity contribution in [3.05, 3.63) is 66.6 Å². The topological polar surface area (TPSA) is 91.6 Å². The molecule has 5 rings (SSSR count). The molecule has 0 bridgehead atoms. The summed E-state index contributed by atoms with van der Waals surface area (Å²) in [7, 11) is 0. The molecule has 1 amide bonds. The number of benzene rings is 1. The number of aryl methyl sites for hydroxylation is 1. The minimum absolute atomic E-state index is 0.213. The van der Waals surface area contributed by atoms with E-state index in [1.807, 2.05) is 36.1 Å². The predicted octanol–water partition coefficient (Wildman–Crippen LogP) is 3.04. The van der Waals surface area contributed by atoms with Gasteiger partial charge in [0.25, 0.3) is 5.78 Å². The van der Waals surface area contributed by atoms with E-state index in [4.69, 9.17) is 0 Å². The van der Waals surface area contributed by atoms with Crippen LogP contribution in [0.2, 0.25) is 0 Å². The third kappa shape index (κ3) is 4.83. The summed E-state index contributed by atoms with van der Waals surface area (Å²) in [5, 5.41) is 8.01. The normalized spacial score (nSPS) is 13.9. The van der Waals surface area contributed by atoms with Crippen LogP contribution in [0.25, 0.3) is 17.2 Å². The molecule has 0 saturated carbocycles. The van der Waals surface area contributed by atoms with Gasteiger partial charge in [-0.2, -0.15) is 9.50 Å². The van der Waals surface area contributed by atoms with E-state index in [9.17, 15) is 4.79 Å². The zero-order valence-electron chi connectivity index (χ0n) is 19.3. The first kappa shape index (κ1) is 21.8. The van der Waals surface area contributed by atoms with Crippen LogP contribution in [-0.2, 0) is 4.79 Å². The van der Waals surface area contributed by atoms with Gasteiger partial charge in [0.2, 0.25) is 5.91 Å². The fourth-order valence-electron chi connectivity index (χ4n) is 4.20. The summed E-state index contributed by atoms with van der Waals surface area (Å²) in [5.74, 6) is 2.15. The van der Waals surface area contributed by atoms with E-state index in [0.29, 0.717) is 24.6 Å². The Kier molecular flexibility index (Phi) is 6.33. The van der Waals surface area contributed by atoms with Crippen LogP contribution in [0.4, 0.5) is 11.5 Å². The average Bonchev–Trinajstić information content (AvgIpc) is 3.32. The molecule has 9 heteroatoms. The molecule has 1 saturated heterocycles. The van der Waals surface area contributed by atoms with Crippen LogP contribution in [0.15, 0.2) is 60.9 Å². The number of carbonyl (C=O) groups excluding carboxylic acids is 1. The van der Waals surface area contributed by atoms with E-state index in [1.54, 1.807) is 16.9 Å². The molecule has 1 aliphatic heterocycles. The fourth-order valence-corrected chi connectivity index (χ4v) is 4.20. The van der Waals surface area contributed by atoms with Crippen molar-refractivity contribution in [3.63, 3.8) is 0 Å². The first-order valence-corrected chi connectivity index (χ1v) is 11.6. The number of hydrogen-bond donors (Lipinski definition) is 1. The Balaban J connectivity index is 1.14. The molecule has 1 aliphatic rings. The van der Waals surface area contributed by atoms with Gasteiger partial charge in [0.15, 0.2) is 5.82 Å². The molecule has 0 unspecified atom stereocenters. The summed E-state index contributed by atoms with van der Waals surface area (Å²) < 4.78 is 1.71. The van der Waals surface area contributed by atoms with Gasteiger partial charge in [-0.1, -0.05) is 18.2 Å². The lowest BCUT2D eigenvalue weighted by molar-refractivity contribution is -0.131. The number of fused-ring (bicyclic) bond motifs is 1. The maximum Gasteiger partial charge on any atom is 0.254 e. The van der Waals surface area contributed by atoms with Gasteiger partial charge < -0.3 is 15.1 Å². The monoisotopic (exact) mass is 456 g/mol. The van der Waals surface area contributed by atoms with Crippen molar-refractivity contribution in [2.45, 2.75) is 19.8 Å². The van der Waals surface area contributed by atoms with Gasteiger partial charge in [-0.3, -0.25) is 9.78 Å². The lowest BCUT2D eigenvalue weighted by Crippen LogP contribution is -2.48. The molecular weight excluding hydrogens is 428 g/mol. The van der Waals surface area contributed by atoms with Crippen LogP contribution in [0, 0.1) is 6.92 Å². The van der Waals surface area contributed by atoms with Crippen LogP contribution in [0.3, 0.4) is 0 Å². The molecule has 1 N–H and O–H groups in total. The van der Waals surface area contributed by atoms with Gasteiger partial charge in [-0.25, -0.2) is 4.98 Å². The zero-order chi connectivity index (χ0) is 23.3. The number of amides is 1. The molecule has 4 aromatic rings. The third-order valence-corrected chi connectivity index (χ3v) is 5.99. The highest BCUT2D eigenvalue weighted by Gasteiger charge is 2.21. The molecule has 174 valence electrons. The molecule has 0 aliphatic carbocycles. The Morgan fingerprint density at radius 2 is 1.85 bits per heavy atom. The predicted molar refractivity (Wildman–Crippen MR) is 132 cm³/mol. The highest BCUT2D eigenvalue weighted by Crippen LogP contribution is 2.19. The van der Waals surface area contributed by atoms with Crippen molar-refractivity contribution in [1.29, 1.82) is 0 Å². The Labute approximate surface area is 198 Å². The van der Waals surface area contributed by atoms with E-state index >= 15 is 0 Å². The van der Waals surface area contributed by atoms with Crippen LogP contribution in [0.1, 0.15) is 18.5 Å². The SMILES string of the molecule is Cc1cc(NCCCC(=O)N2CCN(c3ccccc3)CC2)n2nc(-c3cccnc3)nc2n1. The van der Waals surface area contributed by atoms with Crippen LogP contribution >= 0.6 is 0 Å². The van der Waals surface area contributed by atoms with Crippen LogP contribution < -0.4 is 10.2 Å². The van der Waals surface area contributed by atoms with Crippen molar-refractivity contribution >= 4 is 23.2 Å². The first-order valence-electron chi connectivity index (χ1n) is 11.6. The number of piperazine rings is 1. The number of aromatic nitrogens is 5. The number of nitrogens with zero attached hydrogens (tertiary/aromatic N) is 7. The molecule has 3 aromatic heterocycles. The second-order valence-electron chi connectivity index (χ2n) is 8.41. The van der Waals surface area contributed by atoms with Gasteiger partial charge in [-0.05, 0) is 37.6 Å². The van der Waals surface area contributed by atoms with Crippen molar-refractivity contribution in [2.24, 2.45) is 0 Å². The highest BCUT2D eigenvalue weighted by molar-refractivity contribution is 5.76. The smallest absolute Gasteiger partial charge is 0.254 e. The molecular formula is C25H28N8O. The molecule has 0 atom stereocenters. The van der Waals surface area contributed by atoms with E-state index in [2.05, 4.69) is 54.5 Å². The summed E-state index contributed by atoms with van der Waals surface area (Å²) in [5.41, 5.74) is 2.92. The highest BCUT2D eigenvalue weighted by atomic mass is 16.2. The molecule has 34 heavy (non-hydrogen) atoms. The summed E-state index contributed by atoms with van der Waals surface area (Å²) in [6.45, 7) is 5.86. The van der Waals surface area contributed by atoms with Crippen molar-refractivity contribution in [3.8, 4) is 11.4 Å². The molecule has 9 nitrogen and oxygen atoms in total. The van der Waals surface area contributed by atoms with Gasteiger partial charge in [0.1, 0.15) is 5.82 Å². The van der Waals surface area contributed by atoms with E-state index in [0.717, 1.165) is 49.7 Å². The maximum atomic E-state index is 12.7. The second kappa shape index (κ2) is 9.86. The first-order chi connectivity index (χ1) is 16.7. The van der Waals surface area contributed by atoms with E-state index < -0.39 is 0 Å². The van der Waals surface area contributed by atoms with Gasteiger partial charge in [0.05, 0.1) is 0 Å². The zero-order valence-corrected chi connectivity index (χ0v) is 19.3. The van der Waals surface area contributed by atoms with Gasteiger partial charge in [0, 0.05) is 74.5 Å². The number of anilines is 2. The summed E-state index contributed by atoms with van der Waals surface area (Å²) in [4.78, 5) is 30.2. The Morgan fingerprint density at radius 1 is 1.03 bits per heavy atom. The molecule has 1 fully saturated rings. The number of pyridine rings is 1. The Bertz CT molecular complexity index is 1250. The van der Waals surface area contributed by atoms with Crippen LogP contribution in [0.5, 0.6) is 0 Å². The molecule has 4 heterocycles. The minimum Gasteiger partial charge on any atom is -0.370 e. The Hall–Kier alpha value is -4.01. The number of carbonyl (C=O) groups is 1. The lowest BCUT2D eigenvalue weighted by Gasteiger charge is -2.36. The Morgan fingerprint density at radius 3 is 2.62 bits per heavy atom. The molecule has 1 aromatic carbocycles. The second-order valence-corrected chi connectivity index (χ2v) is 8.41. The number of para-hydroxylation sites is 1. The van der Waals surface area contributed by atoms with Gasteiger partial charge >= 0.3 is 0 Å². The quantitative estimate of drug-likeness (QED) is 0.428. The molecule has 0 spiro atoms. The number of rotatable bonds is 7. The summed E-state index contributed by atoms with van der Waals surface area (Å²) in [6.07, 6.45) is 4.72. The summed E-state index contributed by atoms with van der Waals surface area (Å²) in [6, 6.07) is 16.1. The van der Waals surface area contributed by atoms with Crippen LogP contribution in [-0.4, -0.2) is 68.1 Å². The minimum atomic E-state index is 0.213. The third-order valence-electron chi connectivity index (χ3n) is 5.99. The van der Waals surface area contributed by atoms with Crippen molar-refractivity contribution < 1.29 is 4.79 Å². The fraction of sp³-hybridized carbons (Fsp3) is 0.320. The number of hydrogen-bond acceptors (Lipinski definition) is 7. The van der Waals surface area contributed by atoms with Crippen molar-refractivity contribution in [2.75, 3.05) is 42.9 Å². The van der Waals surface area contributed by atoms with Crippen molar-refractivity contribution in [1.82, 2.24) is 29.5 Å². The maximum absolute atomic E-state index is 12.7. The standard InChI is InChI=1S/C25H28N8O/c1-19-17-22(33-25(28-19)29-24(30-33)20-7-5-11-26-18-20)27-12-6-10-23(34)32-15-13-31(14-16-32)21-8-3-2-4-9-21/h2-5,7-9,11,17-18,27H,6,10,12-16H2,1H3. The average molecular weight is 457 g/mol. The van der Waals surface area contributed by atoms with E-state index in [1.165, 1.54) is 5.69 Å². The number of nitrogens with one attached hydrogen (secondary N) is 1. The van der Waals surface area contributed by atoms with E-state index in [-0.39, 0.29) is 5.91 Å². The summed E-state index contributed by atoms with van der Waals surface area (Å²) >= 11 is 0. The largest absolute Gasteiger partial charge is 0.370 e. The molecule has 0 radical (unpaired) electrons.